The first-order valence-corrected chi connectivity index (χ1v) is 12.1. The van der Waals surface area contributed by atoms with Crippen LogP contribution in [0.3, 0.4) is 0 Å². The van der Waals surface area contributed by atoms with Gasteiger partial charge in [0.1, 0.15) is 0 Å². The predicted molar refractivity (Wildman–Crippen MR) is 132 cm³/mol. The maximum Gasteiger partial charge on any atom is 0.275 e. The van der Waals surface area contributed by atoms with E-state index in [1.807, 2.05) is 13.8 Å². The Morgan fingerprint density at radius 2 is 1.53 bits per heavy atom. The van der Waals surface area contributed by atoms with Gasteiger partial charge in [0, 0.05) is 23.7 Å². The lowest BCUT2D eigenvalue weighted by molar-refractivity contribution is 0.598. The molecule has 0 amide bonds. The van der Waals surface area contributed by atoms with Crippen molar-refractivity contribution in [3.8, 4) is 0 Å². The first-order valence-electron chi connectivity index (χ1n) is 10.2. The number of azo groups is 1. The summed E-state index contributed by atoms with van der Waals surface area (Å²) in [6, 6.07) is 12.6. The van der Waals surface area contributed by atoms with Crippen LogP contribution in [0.25, 0.3) is 0 Å². The molecule has 3 aromatic rings. The Kier molecular flexibility index (Phi) is 8.40. The van der Waals surface area contributed by atoms with E-state index in [1.54, 1.807) is 24.3 Å². The molecule has 2 aromatic carbocycles. The molecule has 0 atom stereocenters. The number of primary sulfonamides is 1. The molecule has 0 aliphatic carbocycles. The molecule has 14 heteroatoms. The lowest BCUT2D eigenvalue weighted by Gasteiger charge is -2.06. The molecule has 0 saturated carbocycles. The number of halogens is 1. The maximum atomic E-state index is 11.4. The van der Waals surface area contributed by atoms with Gasteiger partial charge in [-0.05, 0) is 62.4 Å². The molecule has 3 rings (SSSR count). The second-order valence-electron chi connectivity index (χ2n) is 6.67. The second kappa shape index (κ2) is 11.4. The van der Waals surface area contributed by atoms with Crippen molar-refractivity contribution in [2.75, 3.05) is 29.1 Å². The number of benzene rings is 2. The lowest BCUT2D eigenvalue weighted by atomic mass is 10.2. The van der Waals surface area contributed by atoms with Gasteiger partial charge in [-0.2, -0.15) is 20.1 Å². The Balaban J connectivity index is 1.92. The number of rotatable bonds is 9. The number of anilines is 3. The molecule has 0 saturated heterocycles. The summed E-state index contributed by atoms with van der Waals surface area (Å²) in [5, 5.41) is 24.4. The van der Waals surface area contributed by atoms with E-state index < -0.39 is 10.0 Å². The molecule has 0 aliphatic rings. The maximum absolute atomic E-state index is 11.4. The normalized spacial score (nSPS) is 12.1. The van der Waals surface area contributed by atoms with Crippen LogP contribution in [0.4, 0.5) is 23.5 Å². The molecule has 0 fully saturated rings. The minimum absolute atomic E-state index is 0.0116. The van der Waals surface area contributed by atoms with Crippen LogP contribution in [0.5, 0.6) is 0 Å². The quantitative estimate of drug-likeness (QED) is 0.149. The number of nitrogens with two attached hydrogens (primary N) is 1. The van der Waals surface area contributed by atoms with Gasteiger partial charge >= 0.3 is 0 Å². The summed E-state index contributed by atoms with van der Waals surface area (Å²) in [4.78, 5) is 12.7. The van der Waals surface area contributed by atoms with Crippen LogP contribution in [0.15, 0.2) is 68.8 Å². The molecule has 12 nitrogen and oxygen atoms in total. The Morgan fingerprint density at radius 3 is 2.06 bits per heavy atom. The summed E-state index contributed by atoms with van der Waals surface area (Å²) in [7, 11) is -3.79. The molecule has 5 N–H and O–H groups in total. The third-order valence-corrected chi connectivity index (χ3v) is 5.28. The minimum Gasteiger partial charge on any atom is -0.354 e. The fourth-order valence-electron chi connectivity index (χ4n) is 2.56. The predicted octanol–water partition coefficient (Wildman–Crippen LogP) is 3.59. The Morgan fingerprint density at radius 1 is 0.941 bits per heavy atom. The van der Waals surface area contributed by atoms with E-state index in [-0.39, 0.29) is 16.7 Å². The van der Waals surface area contributed by atoms with Crippen LogP contribution in [-0.4, -0.2) is 42.3 Å². The van der Waals surface area contributed by atoms with Gasteiger partial charge in [0.2, 0.25) is 27.8 Å². The van der Waals surface area contributed by atoms with Crippen LogP contribution < -0.4 is 21.2 Å². The van der Waals surface area contributed by atoms with E-state index in [1.165, 1.54) is 24.3 Å². The van der Waals surface area contributed by atoms with Gasteiger partial charge in [0.05, 0.1) is 10.6 Å². The van der Waals surface area contributed by atoms with Crippen LogP contribution in [0, 0.1) is 0 Å². The highest BCUT2D eigenvalue weighted by atomic mass is 35.5. The van der Waals surface area contributed by atoms with E-state index in [4.69, 9.17) is 16.7 Å². The third-order valence-electron chi connectivity index (χ3n) is 4.10. The Bertz CT molecular complexity index is 1260. The summed E-state index contributed by atoms with van der Waals surface area (Å²) in [6.45, 7) is 5.09. The van der Waals surface area contributed by atoms with E-state index in [2.05, 4.69) is 46.3 Å². The van der Waals surface area contributed by atoms with Gasteiger partial charge < -0.3 is 10.6 Å². The van der Waals surface area contributed by atoms with Gasteiger partial charge in [-0.15, -0.1) is 10.2 Å². The van der Waals surface area contributed by atoms with Crippen LogP contribution in [-0.2, 0) is 10.0 Å². The van der Waals surface area contributed by atoms with Crippen molar-refractivity contribution in [2.45, 2.75) is 18.7 Å². The zero-order valence-electron chi connectivity index (χ0n) is 18.4. The van der Waals surface area contributed by atoms with Crippen molar-refractivity contribution in [1.29, 1.82) is 0 Å². The average Bonchev–Trinajstić information content (AvgIpc) is 2.80. The van der Waals surface area contributed by atoms with Crippen molar-refractivity contribution in [1.82, 2.24) is 15.0 Å². The van der Waals surface area contributed by atoms with Gasteiger partial charge in [-0.1, -0.05) is 11.6 Å². The van der Waals surface area contributed by atoms with Crippen molar-refractivity contribution in [3.05, 3.63) is 59.1 Å². The highest BCUT2D eigenvalue weighted by molar-refractivity contribution is 7.89. The molecule has 0 radical (unpaired) electrons. The summed E-state index contributed by atoms with van der Waals surface area (Å²) >= 11 is 6.00. The van der Waals surface area contributed by atoms with Crippen LogP contribution in [0.2, 0.25) is 5.02 Å². The number of hydrogen-bond donors (Lipinski definition) is 4. The number of amidine groups is 1. The van der Waals surface area contributed by atoms with Gasteiger partial charge in [0.15, 0.2) is 0 Å². The minimum atomic E-state index is -3.79. The van der Waals surface area contributed by atoms with E-state index in [9.17, 15) is 8.42 Å². The molecule has 1 heterocycles. The number of nitrogens with zero attached hydrogens (tertiary/aromatic N) is 6. The Labute approximate surface area is 201 Å². The number of hydrogen-bond acceptors (Lipinski definition) is 10. The number of hydrazone groups is 1. The van der Waals surface area contributed by atoms with Crippen molar-refractivity contribution in [3.63, 3.8) is 0 Å². The molecule has 0 spiro atoms. The molecule has 0 aliphatic heterocycles. The summed E-state index contributed by atoms with van der Waals surface area (Å²) in [5.41, 5.74) is 3.96. The third kappa shape index (κ3) is 7.16. The largest absolute Gasteiger partial charge is 0.354 e. The zero-order valence-corrected chi connectivity index (χ0v) is 20.0. The Hall–Kier alpha value is -3.68. The fourth-order valence-corrected chi connectivity index (χ4v) is 3.20. The van der Waals surface area contributed by atoms with Crippen molar-refractivity contribution < 1.29 is 8.42 Å². The molecule has 0 unspecified atom stereocenters. The SMILES string of the molecule is CCNc1nc(N=N/C(=N\Nc2ccc(S(N)(=O)=O)cc2)c2ccc(Cl)cc2)nc(NCC)n1. The molecular formula is C20H23ClN10O2S. The molecule has 34 heavy (non-hydrogen) atoms. The topological polar surface area (TPSA) is 172 Å². The average molecular weight is 503 g/mol. The monoisotopic (exact) mass is 502 g/mol. The van der Waals surface area contributed by atoms with Gasteiger partial charge in [0.25, 0.3) is 5.95 Å². The zero-order chi connectivity index (χ0) is 24.6. The van der Waals surface area contributed by atoms with Crippen molar-refractivity contribution in [2.24, 2.45) is 20.5 Å². The highest BCUT2D eigenvalue weighted by Crippen LogP contribution is 2.17. The molecule has 1 aromatic heterocycles. The van der Waals surface area contributed by atoms with Crippen LogP contribution >= 0.6 is 11.6 Å². The van der Waals surface area contributed by atoms with Gasteiger partial charge in [-0.3, -0.25) is 5.43 Å². The standard InChI is InChI=1S/C20H23ClN10O2S/c1-3-23-18-25-19(24-4-2)27-20(26-18)31-30-17(13-5-7-14(21)8-6-13)29-28-15-9-11-16(12-10-15)34(22,32)33/h5-12,28H,3-4H2,1-2H3,(H2,22,32,33)(H2,23,24,25,26,27)/b29-17-,31-30?. The fraction of sp³-hybridized carbons (Fsp3) is 0.200. The van der Waals surface area contributed by atoms with Gasteiger partial charge in [-0.25, -0.2) is 13.6 Å². The number of sulfonamides is 1. The highest BCUT2D eigenvalue weighted by Gasteiger charge is 2.09. The molecular weight excluding hydrogens is 480 g/mol. The summed E-state index contributed by atoms with van der Waals surface area (Å²) in [5.74, 6) is 1.02. The van der Waals surface area contributed by atoms with Crippen LogP contribution in [0.1, 0.15) is 19.4 Å². The van der Waals surface area contributed by atoms with Crippen molar-refractivity contribution >= 4 is 51.0 Å². The number of aromatic nitrogens is 3. The van der Waals surface area contributed by atoms with E-state index in [0.29, 0.717) is 41.3 Å². The van der Waals surface area contributed by atoms with E-state index >= 15 is 0 Å². The van der Waals surface area contributed by atoms with E-state index in [0.717, 1.165) is 0 Å². The smallest absolute Gasteiger partial charge is 0.275 e. The molecule has 0 bridgehead atoms. The first-order chi connectivity index (χ1) is 16.3. The first kappa shape index (κ1) is 25.0. The second-order valence-corrected chi connectivity index (χ2v) is 8.66. The lowest BCUT2D eigenvalue weighted by Crippen LogP contribution is -2.11. The number of nitrogens with one attached hydrogen (secondary N) is 3. The summed E-state index contributed by atoms with van der Waals surface area (Å²) in [6.07, 6.45) is 0. The summed E-state index contributed by atoms with van der Waals surface area (Å²) < 4.78 is 22.9. The molecule has 178 valence electrons.